The SMILES string of the molecule is CC[C@H](C)[C@@H]1NC(=O)[C@@H]2CCCN2C(=O)[C@H](CO)NC(=O)[C@H](CCSC)NC(=O)[C@H](C)NC(=O)[C@H]([C@@H](C)O)NC(=O)[C@@H]2CSSC[C@H](NC(=O)CN)C(=O)N[C@@H](CSSC[C@@H](C(N)=O)NC1=O)C(=O)N[C@@H](CO)C(=O)N[C@@H](Cc1cnc[nH]1)C(=O)N1CCC[C@H]1C(=O)N[C@@H](C(C)C)C(=O)N2. The Kier molecular flexibility index (Phi) is 34.3. The van der Waals surface area contributed by atoms with Gasteiger partial charge in [-0.1, -0.05) is 77.3 Å². The van der Waals surface area contributed by atoms with Crippen LogP contribution in [-0.2, 0) is 78.3 Å². The minimum atomic E-state index is -1.87. The quantitative estimate of drug-likeness (QED) is 0.0770. The van der Waals surface area contributed by atoms with Crippen LogP contribution in [0.3, 0.4) is 0 Å². The number of amides is 15. The highest BCUT2D eigenvalue weighted by molar-refractivity contribution is 8.77. The number of aromatic amines is 1. The van der Waals surface area contributed by atoms with E-state index in [2.05, 4.69) is 73.8 Å². The van der Waals surface area contributed by atoms with Crippen molar-refractivity contribution >= 4 is 144 Å². The summed E-state index contributed by atoms with van der Waals surface area (Å²) in [5, 5.41) is 62.7. The molecule has 4 aliphatic heterocycles. The van der Waals surface area contributed by atoms with Gasteiger partial charge in [-0.05, 0) is 69.8 Å². The van der Waals surface area contributed by atoms with Crippen molar-refractivity contribution in [1.29, 1.82) is 0 Å². The minimum Gasteiger partial charge on any atom is -0.394 e. The van der Waals surface area contributed by atoms with E-state index in [9.17, 15) is 87.2 Å². The van der Waals surface area contributed by atoms with Crippen LogP contribution in [0.15, 0.2) is 12.5 Å². The number of aliphatic hydroxyl groups excluding tert-OH is 3. The number of hydrogen-bond acceptors (Lipinski definition) is 25. The zero-order valence-corrected chi connectivity index (χ0v) is 60.6. The van der Waals surface area contributed by atoms with Crippen LogP contribution in [0, 0.1) is 11.8 Å². The number of nitrogens with zero attached hydrogens (tertiary/aromatic N) is 3. The van der Waals surface area contributed by atoms with E-state index in [-0.39, 0.29) is 68.9 Å². The second-order valence-electron chi connectivity index (χ2n) is 24.7. The van der Waals surface area contributed by atoms with E-state index in [1.807, 2.05) is 0 Å². The lowest BCUT2D eigenvalue weighted by Crippen LogP contribution is -2.62. The van der Waals surface area contributed by atoms with Crippen LogP contribution in [0.4, 0.5) is 0 Å². The predicted octanol–water partition coefficient (Wildman–Crippen LogP) is -7.17. The second kappa shape index (κ2) is 41.1. The molecule has 20 N–H and O–H groups in total. The number of primary amides is 1. The van der Waals surface area contributed by atoms with Crippen molar-refractivity contribution in [3.8, 4) is 0 Å². The third kappa shape index (κ3) is 24.3. The number of fused-ring (bicyclic) bond motifs is 10. The monoisotopic (exact) mass is 1500 g/mol. The molecule has 0 aromatic carbocycles. The first-order valence-corrected chi connectivity index (χ1v) is 38.9. The number of carbonyl (C=O) groups is 15. The van der Waals surface area contributed by atoms with Crippen molar-refractivity contribution in [2.75, 3.05) is 67.9 Å². The summed E-state index contributed by atoms with van der Waals surface area (Å²) < 4.78 is 0. The summed E-state index contributed by atoms with van der Waals surface area (Å²) in [5.74, 6) is -16.9. The molecule has 0 saturated carbocycles. The number of thioether (sulfide) groups is 1. The first-order valence-electron chi connectivity index (χ1n) is 32.6. The van der Waals surface area contributed by atoms with Gasteiger partial charge < -0.3 is 105 Å². The van der Waals surface area contributed by atoms with Gasteiger partial charge >= 0.3 is 0 Å². The van der Waals surface area contributed by atoms with Gasteiger partial charge in [0.2, 0.25) is 88.6 Å². The van der Waals surface area contributed by atoms with E-state index < -0.39 is 222 Å². The molecule has 5 rings (SSSR count). The largest absolute Gasteiger partial charge is 0.394 e. The Labute approximate surface area is 597 Å². The van der Waals surface area contributed by atoms with Crippen LogP contribution in [-0.4, -0.2) is 282 Å². The van der Waals surface area contributed by atoms with Gasteiger partial charge in [-0.25, -0.2) is 4.98 Å². The van der Waals surface area contributed by atoms with E-state index in [4.69, 9.17) is 11.5 Å². The van der Waals surface area contributed by atoms with Crippen LogP contribution < -0.4 is 75.3 Å². The van der Waals surface area contributed by atoms with Crippen LogP contribution >= 0.6 is 54.9 Å². The highest BCUT2D eigenvalue weighted by Crippen LogP contribution is 2.27. The molecule has 0 radical (unpaired) electrons. The number of aliphatic hydroxyl groups is 3. The van der Waals surface area contributed by atoms with Gasteiger partial charge in [0.1, 0.15) is 84.6 Å². The first kappa shape index (κ1) is 83.5. The number of nitrogens with one attached hydrogen (secondary N) is 13. The number of rotatable bonds is 14. The highest BCUT2D eigenvalue weighted by Gasteiger charge is 2.44. The zero-order chi connectivity index (χ0) is 74.1. The molecule has 0 spiro atoms. The molecule has 5 heterocycles. The molecule has 558 valence electrons. The normalized spacial score (nSPS) is 29.5. The van der Waals surface area contributed by atoms with Gasteiger partial charge in [0.05, 0.1) is 32.2 Å². The fourth-order valence-corrected chi connectivity index (χ4v) is 16.0. The third-order valence-electron chi connectivity index (χ3n) is 16.9. The summed E-state index contributed by atoms with van der Waals surface area (Å²) in [6, 6.07) is -21.4. The predicted molar refractivity (Wildman–Crippen MR) is 372 cm³/mol. The number of carbonyl (C=O) groups excluding carboxylic acids is 15. The summed E-state index contributed by atoms with van der Waals surface area (Å²) in [7, 11) is 3.43. The molecule has 4 aliphatic rings. The topological polar surface area (TPSA) is 548 Å². The van der Waals surface area contributed by atoms with E-state index in [0.717, 1.165) is 55.0 Å². The molecule has 2 bridgehead atoms. The van der Waals surface area contributed by atoms with E-state index >= 15 is 0 Å². The van der Waals surface area contributed by atoms with E-state index in [0.29, 0.717) is 12.1 Å². The standard InChI is InChI=1S/C59H94N18O18S5/c1-8-28(4)44-56(92)70-36(46(61)82)22-97-99-24-38-51(87)68-34(20-78)49(85)67-33(17-31-19-62-26-63-31)58(94)76-14-9-11-40(76)53(89)73-43(27(2)3)55(91)72-39(25-100-98-23-37(50(86)71-38)65-42(81)18-60)52(88)75-45(30(6)80)57(93)64-29(5)47(83)66-32(13-16-96-7)48(84)69-35(21-79)59(95)77-15-10-12-41(77)54(90)74-44/h19,26-30,32-41,43-45,78-80H,8-18,20-25,60H2,1-7H3,(H2,61,82)(H,62,63)(H,64,93)(H,65,81)(H,66,83)(H,67,85)(H,68,87)(H,69,84)(H,70,92)(H,71,86)(H,72,91)(H,73,89)(H,74,90)(H,75,88)/t28-,29-,30+,32-,33-,34-,35-,36-,37-,38-,39-,40-,41-,43-,44-,45-/m0/s1. The summed E-state index contributed by atoms with van der Waals surface area (Å²) in [4.78, 5) is 222. The molecule has 0 aliphatic carbocycles. The van der Waals surface area contributed by atoms with E-state index in [1.165, 1.54) is 36.1 Å². The Hall–Kier alpha value is -7.15. The average molecular weight is 1500 g/mol. The minimum absolute atomic E-state index is 0.0130. The van der Waals surface area contributed by atoms with Crippen LogP contribution in [0.25, 0.3) is 0 Å². The van der Waals surface area contributed by atoms with Gasteiger partial charge in [0.15, 0.2) is 0 Å². The average Bonchev–Trinajstić information content (AvgIpc) is 1.69. The Bertz CT molecular complexity index is 3070. The Balaban J connectivity index is 1.63. The number of imidazole rings is 1. The lowest BCUT2D eigenvalue weighted by Gasteiger charge is -2.31. The maximum Gasteiger partial charge on any atom is 0.248 e. The summed E-state index contributed by atoms with van der Waals surface area (Å²) in [6.45, 7) is 6.19. The molecule has 16 atom stereocenters. The van der Waals surface area contributed by atoms with E-state index in [1.54, 1.807) is 34.0 Å². The molecule has 15 amide bonds. The number of nitrogens with two attached hydrogens (primary N) is 2. The van der Waals surface area contributed by atoms with Crippen molar-refractivity contribution in [2.45, 2.75) is 177 Å². The van der Waals surface area contributed by atoms with Crippen molar-refractivity contribution in [3.63, 3.8) is 0 Å². The molecule has 1 aromatic rings. The Morgan fingerprint density at radius 1 is 0.610 bits per heavy atom. The molecule has 0 unspecified atom stereocenters. The number of aromatic nitrogens is 2. The lowest BCUT2D eigenvalue weighted by molar-refractivity contribution is -0.143. The van der Waals surface area contributed by atoms with Crippen LogP contribution in [0.1, 0.15) is 85.8 Å². The van der Waals surface area contributed by atoms with Crippen molar-refractivity contribution in [1.82, 2.24) is 83.6 Å². The van der Waals surface area contributed by atoms with Gasteiger partial charge in [0, 0.05) is 54.4 Å². The smallest absolute Gasteiger partial charge is 0.248 e. The summed E-state index contributed by atoms with van der Waals surface area (Å²) in [5.41, 5.74) is 11.8. The first-order chi connectivity index (χ1) is 47.5. The van der Waals surface area contributed by atoms with Crippen molar-refractivity contribution in [2.24, 2.45) is 23.3 Å². The molecule has 4 saturated heterocycles. The maximum absolute atomic E-state index is 14.8. The molecular formula is C59H94N18O18S5. The summed E-state index contributed by atoms with van der Waals surface area (Å²) in [6.07, 6.45) is 3.42. The van der Waals surface area contributed by atoms with Crippen molar-refractivity contribution in [3.05, 3.63) is 18.2 Å². The third-order valence-corrected chi connectivity index (χ3v) is 22.3. The number of hydrogen-bond donors (Lipinski definition) is 18. The van der Waals surface area contributed by atoms with Crippen LogP contribution in [0.5, 0.6) is 0 Å². The highest BCUT2D eigenvalue weighted by atomic mass is 33.1. The maximum atomic E-state index is 14.8. The molecule has 4 fully saturated rings. The lowest BCUT2D eigenvalue weighted by atomic mass is 9.97. The fourth-order valence-electron chi connectivity index (χ4n) is 10.8. The van der Waals surface area contributed by atoms with Gasteiger partial charge in [-0.2, -0.15) is 11.8 Å². The molecule has 1 aromatic heterocycles. The molecule has 100 heavy (non-hydrogen) atoms. The van der Waals surface area contributed by atoms with Gasteiger partial charge in [-0.3, -0.25) is 71.9 Å². The summed E-state index contributed by atoms with van der Waals surface area (Å²) >= 11 is 1.30. The van der Waals surface area contributed by atoms with Crippen LogP contribution in [0.2, 0.25) is 0 Å². The zero-order valence-electron chi connectivity index (χ0n) is 56.5. The second-order valence-corrected chi connectivity index (χ2v) is 30.7. The van der Waals surface area contributed by atoms with Crippen molar-refractivity contribution < 1.29 is 87.2 Å². The Morgan fingerprint density at radius 2 is 1.11 bits per heavy atom. The molecule has 41 heteroatoms. The Morgan fingerprint density at radius 3 is 1.65 bits per heavy atom. The van der Waals surface area contributed by atoms with Gasteiger partial charge in [0.25, 0.3) is 0 Å². The molecule has 36 nitrogen and oxygen atoms in total. The molecular weight excluding hydrogens is 1410 g/mol. The fraction of sp³-hybridized carbons (Fsp3) is 0.695. The van der Waals surface area contributed by atoms with Gasteiger partial charge in [-0.15, -0.1) is 0 Å². The number of H-pyrrole nitrogens is 1.